The van der Waals surface area contributed by atoms with Crippen molar-refractivity contribution in [2.24, 2.45) is 0 Å². The van der Waals surface area contributed by atoms with Gasteiger partial charge >= 0.3 is 0 Å². The zero-order valence-corrected chi connectivity index (χ0v) is 12.8. The summed E-state index contributed by atoms with van der Waals surface area (Å²) in [6.07, 6.45) is 0. The molecule has 1 aliphatic heterocycles. The number of hydrogen-bond acceptors (Lipinski definition) is 4. The Balaban J connectivity index is 2.10. The molecule has 2 aromatic heterocycles. The Morgan fingerprint density at radius 2 is 2.17 bits per heavy atom. The van der Waals surface area contributed by atoms with E-state index in [4.69, 9.17) is 16.3 Å². The molecule has 0 N–H and O–H groups in total. The summed E-state index contributed by atoms with van der Waals surface area (Å²) in [5.41, 5.74) is 0. The van der Waals surface area contributed by atoms with Crippen molar-refractivity contribution in [2.75, 3.05) is 31.2 Å². The van der Waals surface area contributed by atoms with Crippen molar-refractivity contribution >= 4 is 54.8 Å². The number of aromatic nitrogens is 1. The Kier molecular flexibility index (Phi) is 3.75. The number of halogens is 2. The van der Waals surface area contributed by atoms with Crippen LogP contribution in [0.15, 0.2) is 12.1 Å². The standard InChI is InChI=1S/C12H12BrClN2OS/c13-7-9-5-8-6-10(14)15-12(11(8)18-9)16-1-3-17-4-2-16/h5-6H,1-4,7H2. The van der Waals surface area contributed by atoms with Gasteiger partial charge in [0, 0.05) is 23.3 Å². The molecule has 0 saturated carbocycles. The Labute approximate surface area is 123 Å². The molecule has 1 fully saturated rings. The second kappa shape index (κ2) is 5.33. The van der Waals surface area contributed by atoms with Crippen LogP contribution in [0.4, 0.5) is 5.82 Å². The summed E-state index contributed by atoms with van der Waals surface area (Å²) >= 11 is 11.4. The van der Waals surface area contributed by atoms with E-state index in [1.165, 1.54) is 15.0 Å². The average Bonchev–Trinajstić information content (AvgIpc) is 2.81. The topological polar surface area (TPSA) is 25.4 Å². The van der Waals surface area contributed by atoms with Crippen LogP contribution in [0.25, 0.3) is 10.1 Å². The van der Waals surface area contributed by atoms with Gasteiger partial charge in [0.1, 0.15) is 11.0 Å². The maximum absolute atomic E-state index is 6.12. The van der Waals surface area contributed by atoms with Gasteiger partial charge in [0.15, 0.2) is 0 Å². The van der Waals surface area contributed by atoms with Gasteiger partial charge in [-0.15, -0.1) is 11.3 Å². The summed E-state index contributed by atoms with van der Waals surface area (Å²) < 4.78 is 6.60. The minimum atomic E-state index is 0.558. The highest BCUT2D eigenvalue weighted by molar-refractivity contribution is 9.08. The molecule has 0 amide bonds. The lowest BCUT2D eigenvalue weighted by Gasteiger charge is -2.28. The van der Waals surface area contributed by atoms with Crippen LogP contribution in [0.1, 0.15) is 4.88 Å². The molecule has 3 nitrogen and oxygen atoms in total. The van der Waals surface area contributed by atoms with E-state index in [0.29, 0.717) is 5.15 Å². The Hall–Kier alpha value is -0.360. The second-order valence-electron chi connectivity index (χ2n) is 4.13. The molecule has 6 heteroatoms. The molecular weight excluding hydrogens is 336 g/mol. The number of anilines is 1. The van der Waals surface area contributed by atoms with Gasteiger partial charge in [0.2, 0.25) is 0 Å². The molecule has 0 unspecified atom stereocenters. The van der Waals surface area contributed by atoms with Crippen LogP contribution < -0.4 is 4.90 Å². The van der Waals surface area contributed by atoms with Gasteiger partial charge in [-0.25, -0.2) is 4.98 Å². The van der Waals surface area contributed by atoms with Gasteiger partial charge in [-0.1, -0.05) is 27.5 Å². The molecule has 18 heavy (non-hydrogen) atoms. The third-order valence-electron chi connectivity index (χ3n) is 2.94. The number of hydrogen-bond donors (Lipinski definition) is 0. The predicted molar refractivity (Wildman–Crippen MR) is 80.3 cm³/mol. The number of morpholine rings is 1. The lowest BCUT2D eigenvalue weighted by Crippen LogP contribution is -2.36. The number of pyridine rings is 1. The molecule has 0 atom stereocenters. The molecule has 0 aromatic carbocycles. The quantitative estimate of drug-likeness (QED) is 0.612. The highest BCUT2D eigenvalue weighted by Gasteiger charge is 2.17. The van der Waals surface area contributed by atoms with Crippen LogP contribution in [0, 0.1) is 0 Å². The van der Waals surface area contributed by atoms with Gasteiger partial charge in [0.25, 0.3) is 0 Å². The normalized spacial score (nSPS) is 16.4. The molecule has 3 rings (SSSR count). The zero-order chi connectivity index (χ0) is 12.5. The third-order valence-corrected chi connectivity index (χ3v) is 5.26. The third kappa shape index (κ3) is 2.37. The Morgan fingerprint density at radius 3 is 2.89 bits per heavy atom. The molecule has 0 aliphatic carbocycles. The van der Waals surface area contributed by atoms with Crippen LogP contribution in [0.2, 0.25) is 5.15 Å². The molecular formula is C12H12BrClN2OS. The number of thiophene rings is 1. The molecule has 2 aromatic rings. The summed E-state index contributed by atoms with van der Waals surface area (Å²) in [6, 6.07) is 4.11. The van der Waals surface area contributed by atoms with Crippen molar-refractivity contribution in [3.63, 3.8) is 0 Å². The number of rotatable bonds is 2. The minimum absolute atomic E-state index is 0.558. The molecule has 0 radical (unpaired) electrons. The molecule has 96 valence electrons. The first-order valence-electron chi connectivity index (χ1n) is 5.75. The summed E-state index contributed by atoms with van der Waals surface area (Å²) in [5, 5.41) is 2.60. The highest BCUT2D eigenvalue weighted by atomic mass is 79.9. The summed E-state index contributed by atoms with van der Waals surface area (Å²) in [4.78, 5) is 8.05. The molecule has 1 aliphatic rings. The summed E-state index contributed by atoms with van der Waals surface area (Å²) in [7, 11) is 0. The van der Waals surface area contributed by atoms with Crippen LogP contribution in [0.3, 0.4) is 0 Å². The van der Waals surface area contributed by atoms with Crippen LogP contribution in [-0.4, -0.2) is 31.3 Å². The maximum Gasteiger partial charge on any atom is 0.148 e. The van der Waals surface area contributed by atoms with Crippen LogP contribution >= 0.6 is 38.9 Å². The molecule has 0 bridgehead atoms. The fourth-order valence-electron chi connectivity index (χ4n) is 2.11. The fraction of sp³-hybridized carbons (Fsp3) is 0.417. The largest absolute Gasteiger partial charge is 0.378 e. The monoisotopic (exact) mass is 346 g/mol. The van der Waals surface area contributed by atoms with Crippen molar-refractivity contribution in [3.05, 3.63) is 22.2 Å². The smallest absolute Gasteiger partial charge is 0.148 e. The van der Waals surface area contributed by atoms with Crippen LogP contribution in [-0.2, 0) is 10.1 Å². The maximum atomic E-state index is 6.12. The van der Waals surface area contributed by atoms with Gasteiger partial charge in [0.05, 0.1) is 17.9 Å². The van der Waals surface area contributed by atoms with E-state index in [1.54, 1.807) is 11.3 Å². The number of alkyl halides is 1. The number of nitrogens with zero attached hydrogens (tertiary/aromatic N) is 2. The fourth-order valence-corrected chi connectivity index (χ4v) is 3.82. The van der Waals surface area contributed by atoms with E-state index in [2.05, 4.69) is 31.9 Å². The van der Waals surface area contributed by atoms with Gasteiger partial charge in [-0.05, 0) is 17.5 Å². The van der Waals surface area contributed by atoms with Gasteiger partial charge in [-0.3, -0.25) is 0 Å². The number of fused-ring (bicyclic) bond motifs is 1. The number of ether oxygens (including phenoxy) is 1. The van der Waals surface area contributed by atoms with E-state index in [0.717, 1.165) is 37.5 Å². The first kappa shape index (κ1) is 12.7. The van der Waals surface area contributed by atoms with Crippen molar-refractivity contribution in [3.8, 4) is 0 Å². The lowest BCUT2D eigenvalue weighted by molar-refractivity contribution is 0.122. The molecule has 1 saturated heterocycles. The van der Waals surface area contributed by atoms with E-state index in [1.807, 2.05) is 6.07 Å². The summed E-state index contributed by atoms with van der Waals surface area (Å²) in [5.74, 6) is 0.998. The van der Waals surface area contributed by atoms with Gasteiger partial charge < -0.3 is 9.64 Å². The highest BCUT2D eigenvalue weighted by Crippen LogP contribution is 2.35. The Morgan fingerprint density at radius 1 is 1.39 bits per heavy atom. The van der Waals surface area contributed by atoms with Crippen LogP contribution in [0.5, 0.6) is 0 Å². The minimum Gasteiger partial charge on any atom is -0.378 e. The zero-order valence-electron chi connectivity index (χ0n) is 9.66. The lowest BCUT2D eigenvalue weighted by atomic mass is 10.3. The first-order chi connectivity index (χ1) is 8.78. The van der Waals surface area contributed by atoms with E-state index in [9.17, 15) is 0 Å². The molecule has 0 spiro atoms. The van der Waals surface area contributed by atoms with E-state index in [-0.39, 0.29) is 0 Å². The molecule has 3 heterocycles. The summed E-state index contributed by atoms with van der Waals surface area (Å²) in [6.45, 7) is 3.27. The second-order valence-corrected chi connectivity index (χ2v) is 6.22. The van der Waals surface area contributed by atoms with Crippen molar-refractivity contribution in [2.45, 2.75) is 5.33 Å². The first-order valence-corrected chi connectivity index (χ1v) is 8.07. The van der Waals surface area contributed by atoms with Crippen molar-refractivity contribution < 1.29 is 4.74 Å². The average molecular weight is 348 g/mol. The predicted octanol–water partition coefficient (Wildman–Crippen LogP) is 3.68. The Bertz CT molecular complexity index is 568. The van der Waals surface area contributed by atoms with E-state index >= 15 is 0 Å². The van der Waals surface area contributed by atoms with Crippen molar-refractivity contribution in [1.29, 1.82) is 0 Å². The van der Waals surface area contributed by atoms with Crippen molar-refractivity contribution in [1.82, 2.24) is 4.98 Å². The SMILES string of the molecule is Clc1cc2cc(CBr)sc2c(N2CCOCC2)n1. The van der Waals surface area contributed by atoms with E-state index < -0.39 is 0 Å². The van der Waals surface area contributed by atoms with Gasteiger partial charge in [-0.2, -0.15) is 0 Å².